The second kappa shape index (κ2) is 7.94. The van der Waals surface area contributed by atoms with Crippen molar-refractivity contribution in [1.29, 1.82) is 0 Å². The summed E-state index contributed by atoms with van der Waals surface area (Å²) in [5.74, 6) is 1.01. The van der Waals surface area contributed by atoms with Crippen LogP contribution in [-0.4, -0.2) is 34.6 Å². The SMILES string of the molecule is CCCCN(C)C(=O)CCc1nnc(-c2ccc(Cl)cc2)o1. The van der Waals surface area contributed by atoms with Crippen LogP contribution < -0.4 is 0 Å². The summed E-state index contributed by atoms with van der Waals surface area (Å²) in [5, 5.41) is 8.65. The van der Waals surface area contributed by atoms with Crippen molar-refractivity contribution in [3.63, 3.8) is 0 Å². The highest BCUT2D eigenvalue weighted by Crippen LogP contribution is 2.20. The number of amides is 1. The van der Waals surface area contributed by atoms with Gasteiger partial charge in [-0.2, -0.15) is 0 Å². The van der Waals surface area contributed by atoms with Crippen LogP contribution in [0.25, 0.3) is 11.5 Å². The summed E-state index contributed by atoms with van der Waals surface area (Å²) in [5.41, 5.74) is 0.814. The molecule has 5 nitrogen and oxygen atoms in total. The number of aryl methyl sites for hydroxylation is 1. The summed E-state index contributed by atoms with van der Waals surface area (Å²) in [6.07, 6.45) is 2.92. The van der Waals surface area contributed by atoms with Gasteiger partial charge in [0.15, 0.2) is 0 Å². The van der Waals surface area contributed by atoms with Crippen LogP contribution in [0, 0.1) is 0 Å². The van der Waals surface area contributed by atoms with Gasteiger partial charge in [-0.3, -0.25) is 4.79 Å². The van der Waals surface area contributed by atoms with E-state index in [1.807, 2.05) is 19.2 Å². The van der Waals surface area contributed by atoms with Crippen molar-refractivity contribution >= 4 is 17.5 Å². The lowest BCUT2D eigenvalue weighted by molar-refractivity contribution is -0.130. The first kappa shape index (κ1) is 16.5. The Morgan fingerprint density at radius 3 is 2.68 bits per heavy atom. The van der Waals surface area contributed by atoms with Crippen LogP contribution in [0.5, 0.6) is 0 Å². The lowest BCUT2D eigenvalue weighted by atomic mass is 10.2. The minimum Gasteiger partial charge on any atom is -0.421 e. The van der Waals surface area contributed by atoms with Crippen molar-refractivity contribution in [3.05, 3.63) is 35.2 Å². The van der Waals surface area contributed by atoms with Crippen molar-refractivity contribution in [2.75, 3.05) is 13.6 Å². The lowest BCUT2D eigenvalue weighted by Gasteiger charge is -2.15. The van der Waals surface area contributed by atoms with Gasteiger partial charge >= 0.3 is 0 Å². The number of nitrogens with zero attached hydrogens (tertiary/aromatic N) is 3. The van der Waals surface area contributed by atoms with Gasteiger partial charge in [0.2, 0.25) is 17.7 Å². The fourth-order valence-electron chi connectivity index (χ4n) is 1.99. The Morgan fingerprint density at radius 2 is 2.00 bits per heavy atom. The Morgan fingerprint density at radius 1 is 1.27 bits per heavy atom. The highest BCUT2D eigenvalue weighted by atomic mass is 35.5. The van der Waals surface area contributed by atoms with Crippen LogP contribution in [0.2, 0.25) is 5.02 Å². The zero-order valence-corrected chi connectivity index (χ0v) is 13.6. The second-order valence-electron chi connectivity index (χ2n) is 5.18. The molecule has 0 aliphatic carbocycles. The fraction of sp³-hybridized carbons (Fsp3) is 0.438. The van der Waals surface area contributed by atoms with Crippen LogP contribution in [0.15, 0.2) is 28.7 Å². The summed E-state index contributed by atoms with van der Waals surface area (Å²) in [4.78, 5) is 13.7. The minimum absolute atomic E-state index is 0.0969. The van der Waals surface area contributed by atoms with Crippen LogP contribution in [0.3, 0.4) is 0 Å². The van der Waals surface area contributed by atoms with E-state index in [0.717, 1.165) is 24.9 Å². The predicted molar refractivity (Wildman–Crippen MR) is 85.6 cm³/mol. The molecular weight excluding hydrogens is 302 g/mol. The first-order chi connectivity index (χ1) is 10.6. The van der Waals surface area contributed by atoms with Crippen LogP contribution >= 0.6 is 11.6 Å². The summed E-state index contributed by atoms with van der Waals surface area (Å²) < 4.78 is 5.58. The van der Waals surface area contributed by atoms with E-state index in [2.05, 4.69) is 17.1 Å². The monoisotopic (exact) mass is 321 g/mol. The number of rotatable bonds is 7. The van der Waals surface area contributed by atoms with Crippen molar-refractivity contribution in [3.8, 4) is 11.5 Å². The molecular formula is C16H20ClN3O2. The van der Waals surface area contributed by atoms with Gasteiger partial charge in [-0.25, -0.2) is 0 Å². The van der Waals surface area contributed by atoms with Crippen LogP contribution in [0.1, 0.15) is 32.1 Å². The van der Waals surface area contributed by atoms with E-state index in [-0.39, 0.29) is 5.91 Å². The third-order valence-electron chi connectivity index (χ3n) is 3.38. The third kappa shape index (κ3) is 4.56. The normalized spacial score (nSPS) is 10.7. The maximum atomic E-state index is 12.0. The second-order valence-corrected chi connectivity index (χ2v) is 5.61. The number of halogens is 1. The number of benzene rings is 1. The molecule has 0 N–H and O–H groups in total. The molecule has 0 radical (unpaired) electrons. The molecule has 1 aromatic heterocycles. The number of hydrogen-bond donors (Lipinski definition) is 0. The Bertz CT molecular complexity index is 610. The van der Waals surface area contributed by atoms with Gasteiger partial charge in [-0.15, -0.1) is 10.2 Å². The average Bonchev–Trinajstić information content (AvgIpc) is 2.99. The summed E-state index contributed by atoms with van der Waals surface area (Å²) in [6, 6.07) is 7.19. The standard InChI is InChI=1S/C16H20ClN3O2/c1-3-4-11-20(2)15(21)10-9-14-18-19-16(22-14)12-5-7-13(17)8-6-12/h5-8H,3-4,9-11H2,1-2H3. The number of hydrogen-bond acceptors (Lipinski definition) is 4. The van der Waals surface area contributed by atoms with Gasteiger partial charge in [-0.1, -0.05) is 24.9 Å². The Hall–Kier alpha value is -1.88. The van der Waals surface area contributed by atoms with Crippen molar-refractivity contribution < 1.29 is 9.21 Å². The lowest BCUT2D eigenvalue weighted by Crippen LogP contribution is -2.27. The molecule has 2 rings (SSSR count). The molecule has 0 aliphatic rings. The van der Waals surface area contributed by atoms with Gasteiger partial charge in [0.1, 0.15) is 0 Å². The molecule has 22 heavy (non-hydrogen) atoms. The molecule has 0 fully saturated rings. The third-order valence-corrected chi connectivity index (χ3v) is 3.64. The molecule has 1 amide bonds. The molecule has 0 atom stereocenters. The summed E-state index contributed by atoms with van der Waals surface area (Å²) >= 11 is 5.85. The maximum absolute atomic E-state index is 12.0. The van der Waals surface area contributed by atoms with Crippen molar-refractivity contribution in [2.45, 2.75) is 32.6 Å². The number of unbranched alkanes of at least 4 members (excludes halogenated alkanes) is 1. The molecule has 0 bridgehead atoms. The van der Waals surface area contributed by atoms with Gasteiger partial charge in [-0.05, 0) is 30.7 Å². The van der Waals surface area contributed by atoms with E-state index in [0.29, 0.717) is 29.6 Å². The largest absolute Gasteiger partial charge is 0.421 e. The van der Waals surface area contributed by atoms with Crippen molar-refractivity contribution in [2.24, 2.45) is 0 Å². The topological polar surface area (TPSA) is 59.2 Å². The number of aromatic nitrogens is 2. The Kier molecular flexibility index (Phi) is 5.95. The molecule has 0 saturated carbocycles. The molecule has 1 heterocycles. The summed E-state index contributed by atoms with van der Waals surface area (Å²) in [6.45, 7) is 2.89. The van der Waals surface area contributed by atoms with Gasteiger partial charge in [0.25, 0.3) is 0 Å². The van der Waals surface area contributed by atoms with Gasteiger partial charge < -0.3 is 9.32 Å². The smallest absolute Gasteiger partial charge is 0.247 e. The van der Waals surface area contributed by atoms with E-state index in [1.54, 1.807) is 17.0 Å². The molecule has 0 unspecified atom stereocenters. The highest BCUT2D eigenvalue weighted by molar-refractivity contribution is 6.30. The zero-order chi connectivity index (χ0) is 15.9. The first-order valence-electron chi connectivity index (χ1n) is 7.42. The number of carbonyl (C=O) groups is 1. The summed E-state index contributed by atoms with van der Waals surface area (Å²) in [7, 11) is 1.82. The van der Waals surface area contributed by atoms with E-state index < -0.39 is 0 Å². The Balaban J connectivity index is 1.89. The molecule has 1 aromatic carbocycles. The van der Waals surface area contributed by atoms with Gasteiger partial charge in [0, 0.05) is 37.0 Å². The molecule has 0 spiro atoms. The van der Waals surface area contributed by atoms with Crippen LogP contribution in [-0.2, 0) is 11.2 Å². The maximum Gasteiger partial charge on any atom is 0.247 e. The molecule has 118 valence electrons. The fourth-order valence-corrected chi connectivity index (χ4v) is 2.11. The Labute approximate surface area is 135 Å². The first-order valence-corrected chi connectivity index (χ1v) is 7.80. The number of carbonyl (C=O) groups excluding carboxylic acids is 1. The minimum atomic E-state index is 0.0969. The molecule has 0 aliphatic heterocycles. The van der Waals surface area contributed by atoms with Gasteiger partial charge in [0.05, 0.1) is 0 Å². The van der Waals surface area contributed by atoms with E-state index >= 15 is 0 Å². The average molecular weight is 322 g/mol. The van der Waals surface area contributed by atoms with E-state index in [4.69, 9.17) is 16.0 Å². The predicted octanol–water partition coefficient (Wildman–Crippen LogP) is 3.58. The highest BCUT2D eigenvalue weighted by Gasteiger charge is 2.12. The molecule has 0 saturated heterocycles. The van der Waals surface area contributed by atoms with E-state index in [1.165, 1.54) is 0 Å². The quantitative estimate of drug-likeness (QED) is 0.782. The molecule has 6 heteroatoms. The van der Waals surface area contributed by atoms with Crippen molar-refractivity contribution in [1.82, 2.24) is 15.1 Å². The molecule has 2 aromatic rings. The van der Waals surface area contributed by atoms with Crippen LogP contribution in [0.4, 0.5) is 0 Å². The van der Waals surface area contributed by atoms with E-state index in [9.17, 15) is 4.79 Å². The zero-order valence-electron chi connectivity index (χ0n) is 12.9.